The van der Waals surface area contributed by atoms with Crippen LogP contribution in [-0.4, -0.2) is 15.5 Å². The van der Waals surface area contributed by atoms with Gasteiger partial charge in [0.15, 0.2) is 0 Å². The number of anilines is 1. The number of halogens is 2. The van der Waals surface area contributed by atoms with E-state index in [0.717, 1.165) is 0 Å². The molecule has 0 saturated heterocycles. The summed E-state index contributed by atoms with van der Waals surface area (Å²) >= 11 is 11.6. The highest BCUT2D eigenvalue weighted by Gasteiger charge is 2.16. The molecule has 0 radical (unpaired) electrons. The van der Waals surface area contributed by atoms with Crippen molar-refractivity contribution in [3.63, 3.8) is 0 Å². The minimum atomic E-state index is -3.76. The van der Waals surface area contributed by atoms with E-state index >= 15 is 0 Å². The maximum absolute atomic E-state index is 12.2. The largest absolute Gasteiger partial charge is 0.497 e. The Kier molecular flexibility index (Phi) is 4.42. The number of sulfonamides is 1. The van der Waals surface area contributed by atoms with Crippen LogP contribution in [0.1, 0.15) is 0 Å². The van der Waals surface area contributed by atoms with E-state index in [1.54, 1.807) is 24.3 Å². The van der Waals surface area contributed by atoms with E-state index < -0.39 is 10.0 Å². The Balaban J connectivity index is 2.35. The van der Waals surface area contributed by atoms with Crippen LogP contribution in [0.15, 0.2) is 47.4 Å². The second-order valence-electron chi connectivity index (χ2n) is 3.94. The topological polar surface area (TPSA) is 55.4 Å². The van der Waals surface area contributed by atoms with Crippen molar-refractivity contribution >= 4 is 38.9 Å². The molecule has 106 valence electrons. The maximum atomic E-state index is 12.2. The van der Waals surface area contributed by atoms with Gasteiger partial charge in [0.2, 0.25) is 0 Å². The average molecular weight is 332 g/mol. The van der Waals surface area contributed by atoms with Crippen LogP contribution < -0.4 is 9.46 Å². The molecule has 0 bridgehead atoms. The van der Waals surface area contributed by atoms with Gasteiger partial charge in [-0.2, -0.15) is 0 Å². The second kappa shape index (κ2) is 5.91. The summed E-state index contributed by atoms with van der Waals surface area (Å²) in [5, 5.41) is 0.507. The highest BCUT2D eigenvalue weighted by atomic mass is 35.5. The van der Waals surface area contributed by atoms with Crippen molar-refractivity contribution < 1.29 is 13.2 Å². The van der Waals surface area contributed by atoms with Crippen LogP contribution >= 0.6 is 23.2 Å². The molecule has 1 N–H and O–H groups in total. The standard InChI is InChI=1S/C13H11Cl2NO3S/c1-19-12-4-2-3-11(8-12)16-20(17,18)13-6-9(14)5-10(15)7-13/h2-8,16H,1H3. The van der Waals surface area contributed by atoms with Crippen molar-refractivity contribution in [1.29, 1.82) is 0 Å². The average Bonchev–Trinajstić information content (AvgIpc) is 2.37. The summed E-state index contributed by atoms with van der Waals surface area (Å²) in [7, 11) is -2.25. The molecular formula is C13H11Cl2NO3S. The number of hydrogen-bond donors (Lipinski definition) is 1. The number of nitrogens with one attached hydrogen (secondary N) is 1. The third-order valence-electron chi connectivity index (χ3n) is 2.47. The predicted molar refractivity (Wildman–Crippen MR) is 80.3 cm³/mol. The first-order chi connectivity index (χ1) is 9.40. The van der Waals surface area contributed by atoms with Gasteiger partial charge >= 0.3 is 0 Å². The normalized spacial score (nSPS) is 11.2. The van der Waals surface area contributed by atoms with Gasteiger partial charge in [0, 0.05) is 16.1 Å². The monoisotopic (exact) mass is 331 g/mol. The van der Waals surface area contributed by atoms with Gasteiger partial charge in [-0.05, 0) is 30.3 Å². The van der Waals surface area contributed by atoms with Crippen LogP contribution in [0, 0.1) is 0 Å². The third-order valence-corrected chi connectivity index (χ3v) is 4.27. The fourth-order valence-electron chi connectivity index (χ4n) is 1.58. The van der Waals surface area contributed by atoms with E-state index in [4.69, 9.17) is 27.9 Å². The summed E-state index contributed by atoms with van der Waals surface area (Å²) in [5.74, 6) is 0.550. The molecule has 0 atom stereocenters. The van der Waals surface area contributed by atoms with Crippen molar-refractivity contribution in [2.45, 2.75) is 4.90 Å². The van der Waals surface area contributed by atoms with Crippen molar-refractivity contribution in [2.24, 2.45) is 0 Å². The van der Waals surface area contributed by atoms with Crippen LogP contribution in [0.4, 0.5) is 5.69 Å². The van der Waals surface area contributed by atoms with E-state index in [1.165, 1.54) is 25.3 Å². The minimum absolute atomic E-state index is 0.00202. The van der Waals surface area contributed by atoms with E-state index in [1.807, 2.05) is 0 Å². The first-order valence-corrected chi connectivity index (χ1v) is 7.77. The van der Waals surface area contributed by atoms with Gasteiger partial charge in [0.05, 0.1) is 17.7 Å². The van der Waals surface area contributed by atoms with Gasteiger partial charge in [-0.25, -0.2) is 8.42 Å². The highest BCUT2D eigenvalue weighted by molar-refractivity contribution is 7.92. The summed E-state index contributed by atoms with van der Waals surface area (Å²) in [4.78, 5) is -0.00202. The zero-order valence-electron chi connectivity index (χ0n) is 10.4. The number of benzene rings is 2. The smallest absolute Gasteiger partial charge is 0.261 e. The summed E-state index contributed by atoms with van der Waals surface area (Å²) in [6.45, 7) is 0. The molecule has 0 amide bonds. The fourth-order valence-corrected chi connectivity index (χ4v) is 3.36. The van der Waals surface area contributed by atoms with E-state index in [9.17, 15) is 8.42 Å². The van der Waals surface area contributed by atoms with Crippen molar-refractivity contribution in [3.05, 3.63) is 52.5 Å². The van der Waals surface area contributed by atoms with Crippen LogP contribution in [0.5, 0.6) is 5.75 Å². The number of methoxy groups -OCH3 is 1. The molecule has 0 aliphatic carbocycles. The Bertz CT molecular complexity index is 712. The Labute approximate surface area is 127 Å². The molecule has 0 saturated carbocycles. The van der Waals surface area contributed by atoms with Gasteiger partial charge in [0.25, 0.3) is 10.0 Å². The van der Waals surface area contributed by atoms with Crippen molar-refractivity contribution in [1.82, 2.24) is 0 Å². The van der Waals surface area contributed by atoms with E-state index in [0.29, 0.717) is 11.4 Å². The zero-order valence-corrected chi connectivity index (χ0v) is 12.8. The second-order valence-corrected chi connectivity index (χ2v) is 6.50. The molecule has 2 aromatic carbocycles. The zero-order chi connectivity index (χ0) is 14.8. The third kappa shape index (κ3) is 3.56. The predicted octanol–water partition coefficient (Wildman–Crippen LogP) is 3.80. The Morgan fingerprint density at radius 2 is 1.70 bits per heavy atom. The molecule has 0 heterocycles. The lowest BCUT2D eigenvalue weighted by atomic mass is 10.3. The first kappa shape index (κ1) is 15.0. The molecule has 0 aliphatic heterocycles. The summed E-state index contributed by atoms with van der Waals surface area (Å²) in [6.07, 6.45) is 0. The molecule has 0 unspecified atom stereocenters. The van der Waals surface area contributed by atoms with Gasteiger partial charge in [-0.15, -0.1) is 0 Å². The first-order valence-electron chi connectivity index (χ1n) is 5.54. The molecule has 2 rings (SSSR count). The quantitative estimate of drug-likeness (QED) is 0.926. The number of rotatable bonds is 4. The van der Waals surface area contributed by atoms with Crippen molar-refractivity contribution in [2.75, 3.05) is 11.8 Å². The van der Waals surface area contributed by atoms with Crippen LogP contribution in [-0.2, 0) is 10.0 Å². The van der Waals surface area contributed by atoms with E-state index in [-0.39, 0.29) is 14.9 Å². The minimum Gasteiger partial charge on any atom is -0.497 e. The Hall–Kier alpha value is -1.43. The molecule has 0 fully saturated rings. The van der Waals surface area contributed by atoms with Gasteiger partial charge in [-0.1, -0.05) is 29.3 Å². The lowest BCUT2D eigenvalue weighted by molar-refractivity contribution is 0.415. The molecule has 0 spiro atoms. The molecule has 0 aromatic heterocycles. The maximum Gasteiger partial charge on any atom is 0.261 e. The lowest BCUT2D eigenvalue weighted by Crippen LogP contribution is -2.13. The Morgan fingerprint density at radius 3 is 2.30 bits per heavy atom. The molecule has 7 heteroatoms. The summed E-state index contributed by atoms with van der Waals surface area (Å²) in [6, 6.07) is 10.7. The van der Waals surface area contributed by atoms with Crippen LogP contribution in [0.25, 0.3) is 0 Å². The molecule has 20 heavy (non-hydrogen) atoms. The molecular weight excluding hydrogens is 321 g/mol. The lowest BCUT2D eigenvalue weighted by Gasteiger charge is -2.10. The van der Waals surface area contributed by atoms with Gasteiger partial charge in [-0.3, -0.25) is 4.72 Å². The molecule has 4 nitrogen and oxygen atoms in total. The van der Waals surface area contributed by atoms with E-state index in [2.05, 4.69) is 4.72 Å². The van der Waals surface area contributed by atoms with Crippen molar-refractivity contribution in [3.8, 4) is 5.75 Å². The Morgan fingerprint density at radius 1 is 1.05 bits per heavy atom. The number of ether oxygens (including phenoxy) is 1. The highest BCUT2D eigenvalue weighted by Crippen LogP contribution is 2.25. The molecule has 0 aliphatic rings. The van der Waals surface area contributed by atoms with Crippen LogP contribution in [0.2, 0.25) is 10.0 Å². The number of hydrogen-bond acceptors (Lipinski definition) is 3. The fraction of sp³-hybridized carbons (Fsp3) is 0.0769. The van der Waals surface area contributed by atoms with Gasteiger partial charge < -0.3 is 4.74 Å². The summed E-state index contributed by atoms with van der Waals surface area (Å²) < 4.78 is 31.9. The molecule has 2 aromatic rings. The SMILES string of the molecule is COc1cccc(NS(=O)(=O)c2cc(Cl)cc(Cl)c2)c1. The van der Waals surface area contributed by atoms with Crippen LogP contribution in [0.3, 0.4) is 0 Å². The van der Waals surface area contributed by atoms with Gasteiger partial charge in [0.1, 0.15) is 5.75 Å². The summed E-state index contributed by atoms with van der Waals surface area (Å²) in [5.41, 5.74) is 0.389.